The molecule has 0 fully saturated rings. The van der Waals surface area contributed by atoms with Gasteiger partial charge >= 0.3 is 12.0 Å². The SMILES string of the molecule is Cc1cccc(NC(=O)Nc2cccc(CNC(=O)CC3CCCc4ccc(C(=O)O)cc43)c2)c1. The Balaban J connectivity index is 1.32. The van der Waals surface area contributed by atoms with Gasteiger partial charge in [-0.1, -0.05) is 30.3 Å². The number of hydrogen-bond donors (Lipinski definition) is 4. The minimum Gasteiger partial charge on any atom is -0.478 e. The van der Waals surface area contributed by atoms with Gasteiger partial charge in [-0.2, -0.15) is 0 Å². The zero-order valence-electron chi connectivity index (χ0n) is 19.6. The van der Waals surface area contributed by atoms with E-state index in [1.807, 2.05) is 55.5 Å². The molecule has 1 unspecified atom stereocenters. The predicted molar refractivity (Wildman–Crippen MR) is 136 cm³/mol. The van der Waals surface area contributed by atoms with Crippen LogP contribution in [0.4, 0.5) is 16.2 Å². The summed E-state index contributed by atoms with van der Waals surface area (Å²) in [6.45, 7) is 2.30. The molecule has 4 N–H and O–H groups in total. The molecule has 180 valence electrons. The van der Waals surface area contributed by atoms with Crippen molar-refractivity contribution < 1.29 is 19.5 Å². The molecular weight excluding hydrogens is 442 g/mol. The second-order valence-electron chi connectivity index (χ2n) is 8.94. The van der Waals surface area contributed by atoms with E-state index >= 15 is 0 Å². The largest absolute Gasteiger partial charge is 0.478 e. The predicted octanol–water partition coefficient (Wildman–Crippen LogP) is 5.46. The zero-order chi connectivity index (χ0) is 24.8. The number of carboxylic acid groups (broad SMARTS) is 1. The third kappa shape index (κ3) is 6.47. The Hall–Kier alpha value is -4.13. The molecule has 0 saturated heterocycles. The molecule has 1 aliphatic carbocycles. The molecule has 7 heteroatoms. The fraction of sp³-hybridized carbons (Fsp3) is 0.250. The molecule has 0 bridgehead atoms. The van der Waals surface area contributed by atoms with Gasteiger partial charge in [-0.25, -0.2) is 9.59 Å². The smallest absolute Gasteiger partial charge is 0.335 e. The van der Waals surface area contributed by atoms with Crippen molar-refractivity contribution in [3.63, 3.8) is 0 Å². The standard InChI is InChI=1S/C28H29N3O4/c1-18-5-2-9-23(13-18)30-28(35)31-24-10-3-6-19(14-24)17-29-26(32)16-21-8-4-7-20-11-12-22(27(33)34)15-25(20)21/h2-3,5-6,9-15,21H,4,7-8,16-17H2,1H3,(H,29,32)(H,33,34)(H2,30,31,35). The Kier molecular flexibility index (Phi) is 7.45. The Morgan fingerprint density at radius 2 is 1.69 bits per heavy atom. The van der Waals surface area contributed by atoms with E-state index < -0.39 is 5.97 Å². The topological polar surface area (TPSA) is 108 Å². The van der Waals surface area contributed by atoms with E-state index in [9.17, 15) is 19.5 Å². The molecule has 0 aromatic heterocycles. The van der Waals surface area contributed by atoms with Crippen LogP contribution in [0.1, 0.15) is 57.8 Å². The second-order valence-corrected chi connectivity index (χ2v) is 8.94. The number of nitrogens with one attached hydrogen (secondary N) is 3. The van der Waals surface area contributed by atoms with Crippen molar-refractivity contribution in [1.82, 2.24) is 5.32 Å². The molecule has 0 heterocycles. The van der Waals surface area contributed by atoms with Gasteiger partial charge in [-0.05, 0) is 90.8 Å². The number of benzene rings is 3. The maximum Gasteiger partial charge on any atom is 0.335 e. The highest BCUT2D eigenvalue weighted by Gasteiger charge is 2.24. The molecule has 35 heavy (non-hydrogen) atoms. The second kappa shape index (κ2) is 10.9. The van der Waals surface area contributed by atoms with Gasteiger partial charge in [-0.3, -0.25) is 4.79 Å². The van der Waals surface area contributed by atoms with Gasteiger partial charge in [0.1, 0.15) is 0 Å². The van der Waals surface area contributed by atoms with Crippen molar-refractivity contribution in [3.05, 3.63) is 94.5 Å². The molecule has 0 saturated carbocycles. The quantitative estimate of drug-likeness (QED) is 0.367. The maximum absolute atomic E-state index is 12.7. The summed E-state index contributed by atoms with van der Waals surface area (Å²) in [6.07, 6.45) is 3.06. The number of carboxylic acids is 1. The van der Waals surface area contributed by atoms with Gasteiger partial charge in [0.05, 0.1) is 5.56 Å². The number of aryl methyl sites for hydroxylation is 2. The summed E-state index contributed by atoms with van der Waals surface area (Å²) in [5, 5.41) is 17.9. The van der Waals surface area contributed by atoms with Gasteiger partial charge in [0.2, 0.25) is 5.91 Å². The summed E-state index contributed by atoms with van der Waals surface area (Å²) in [4.78, 5) is 36.4. The van der Waals surface area contributed by atoms with Crippen molar-refractivity contribution in [3.8, 4) is 0 Å². The monoisotopic (exact) mass is 471 g/mol. The fourth-order valence-corrected chi connectivity index (χ4v) is 4.51. The molecule has 0 radical (unpaired) electrons. The number of urea groups is 1. The Labute approximate surface area is 204 Å². The number of hydrogen-bond acceptors (Lipinski definition) is 3. The first-order chi connectivity index (χ1) is 16.9. The lowest BCUT2D eigenvalue weighted by atomic mass is 9.80. The van der Waals surface area contributed by atoms with Crippen molar-refractivity contribution in [2.45, 2.75) is 45.1 Å². The number of fused-ring (bicyclic) bond motifs is 1. The first kappa shape index (κ1) is 24.0. The Morgan fingerprint density at radius 3 is 2.43 bits per heavy atom. The van der Waals surface area contributed by atoms with Crippen molar-refractivity contribution in [2.75, 3.05) is 10.6 Å². The zero-order valence-corrected chi connectivity index (χ0v) is 19.6. The average Bonchev–Trinajstić information content (AvgIpc) is 2.83. The van der Waals surface area contributed by atoms with E-state index in [1.165, 1.54) is 0 Å². The highest BCUT2D eigenvalue weighted by atomic mass is 16.4. The van der Waals surface area contributed by atoms with Gasteiger partial charge < -0.3 is 21.1 Å². The summed E-state index contributed by atoms with van der Waals surface area (Å²) in [5.41, 5.74) is 5.61. The number of aromatic carboxylic acids is 1. The van der Waals surface area contributed by atoms with Crippen LogP contribution in [0.3, 0.4) is 0 Å². The molecule has 3 aromatic rings. The highest BCUT2D eigenvalue weighted by molar-refractivity contribution is 5.99. The minimum atomic E-state index is -0.956. The van der Waals surface area contributed by atoms with Crippen molar-refractivity contribution >= 4 is 29.3 Å². The average molecular weight is 472 g/mol. The third-order valence-electron chi connectivity index (χ3n) is 6.21. The fourth-order valence-electron chi connectivity index (χ4n) is 4.51. The number of rotatable bonds is 7. The molecule has 0 aliphatic heterocycles. The number of carbonyl (C=O) groups excluding carboxylic acids is 2. The molecule has 4 rings (SSSR count). The van der Waals surface area contributed by atoms with E-state index in [4.69, 9.17) is 0 Å². The summed E-state index contributed by atoms with van der Waals surface area (Å²) in [5.74, 6) is -1.03. The molecule has 1 aliphatic rings. The van der Waals surface area contributed by atoms with Gasteiger partial charge in [0, 0.05) is 24.3 Å². The number of carbonyl (C=O) groups is 3. The number of anilines is 2. The van der Waals surface area contributed by atoms with Gasteiger partial charge in [0.25, 0.3) is 0 Å². The summed E-state index contributed by atoms with van der Waals surface area (Å²) < 4.78 is 0. The van der Waals surface area contributed by atoms with E-state index in [2.05, 4.69) is 16.0 Å². The van der Waals surface area contributed by atoms with Crippen molar-refractivity contribution in [2.24, 2.45) is 0 Å². The van der Waals surface area contributed by atoms with Crippen LogP contribution in [0.2, 0.25) is 0 Å². The first-order valence-electron chi connectivity index (χ1n) is 11.7. The Morgan fingerprint density at radius 1 is 0.943 bits per heavy atom. The summed E-state index contributed by atoms with van der Waals surface area (Å²) in [6, 6.07) is 19.8. The summed E-state index contributed by atoms with van der Waals surface area (Å²) >= 11 is 0. The Bertz CT molecular complexity index is 1250. The highest BCUT2D eigenvalue weighted by Crippen LogP contribution is 2.34. The van der Waals surface area contributed by atoms with Crippen LogP contribution < -0.4 is 16.0 Å². The van der Waals surface area contributed by atoms with Crippen LogP contribution in [0, 0.1) is 6.92 Å². The van der Waals surface area contributed by atoms with Crippen LogP contribution in [-0.2, 0) is 17.8 Å². The lowest BCUT2D eigenvalue weighted by Crippen LogP contribution is -2.26. The minimum absolute atomic E-state index is 0.0105. The van der Waals surface area contributed by atoms with Crippen LogP contribution in [0.25, 0.3) is 0 Å². The van der Waals surface area contributed by atoms with E-state index in [-0.39, 0.29) is 23.4 Å². The van der Waals surface area contributed by atoms with Crippen molar-refractivity contribution in [1.29, 1.82) is 0 Å². The number of amides is 3. The molecular formula is C28H29N3O4. The van der Waals surface area contributed by atoms with E-state index in [0.717, 1.165) is 41.5 Å². The molecule has 3 amide bonds. The van der Waals surface area contributed by atoms with Gasteiger partial charge in [0.15, 0.2) is 0 Å². The van der Waals surface area contributed by atoms with Crippen LogP contribution in [-0.4, -0.2) is 23.0 Å². The third-order valence-corrected chi connectivity index (χ3v) is 6.21. The summed E-state index contributed by atoms with van der Waals surface area (Å²) in [7, 11) is 0. The molecule has 7 nitrogen and oxygen atoms in total. The lowest BCUT2D eigenvalue weighted by molar-refractivity contribution is -0.121. The van der Waals surface area contributed by atoms with Crippen LogP contribution in [0.15, 0.2) is 66.7 Å². The molecule has 0 spiro atoms. The first-order valence-corrected chi connectivity index (χ1v) is 11.7. The molecule has 3 aromatic carbocycles. The van der Waals surface area contributed by atoms with E-state index in [0.29, 0.717) is 24.3 Å². The van der Waals surface area contributed by atoms with Gasteiger partial charge in [-0.15, -0.1) is 0 Å². The van der Waals surface area contributed by atoms with Crippen LogP contribution in [0.5, 0.6) is 0 Å². The van der Waals surface area contributed by atoms with E-state index in [1.54, 1.807) is 18.2 Å². The van der Waals surface area contributed by atoms with Crippen LogP contribution >= 0.6 is 0 Å². The molecule has 1 atom stereocenters. The maximum atomic E-state index is 12.7. The lowest BCUT2D eigenvalue weighted by Gasteiger charge is -2.25. The normalized spacial score (nSPS) is 14.5.